The van der Waals surface area contributed by atoms with Crippen LogP contribution < -0.4 is 5.73 Å². The number of benzene rings is 2. The summed E-state index contributed by atoms with van der Waals surface area (Å²) in [5.74, 6) is 0.530. The van der Waals surface area contributed by atoms with Crippen molar-refractivity contribution in [2.75, 3.05) is 5.73 Å². The first-order chi connectivity index (χ1) is 9.24. The Labute approximate surface area is 112 Å². The molecule has 0 aliphatic carbocycles. The summed E-state index contributed by atoms with van der Waals surface area (Å²) in [5.41, 5.74) is 10.1. The smallest absolute Gasteiger partial charge is 0.200 e. The number of nitrogens with two attached hydrogens (primary N) is 1. The molecule has 0 fully saturated rings. The fraction of sp³-hybridized carbons (Fsp3) is 0.0625. The second kappa shape index (κ2) is 4.61. The van der Waals surface area contributed by atoms with Crippen molar-refractivity contribution in [2.45, 2.75) is 0 Å². The van der Waals surface area contributed by atoms with Crippen LogP contribution >= 0.6 is 0 Å². The largest absolute Gasteiger partial charge is 0.369 e. The van der Waals surface area contributed by atoms with Gasteiger partial charge in [-0.15, -0.1) is 0 Å². The van der Waals surface area contributed by atoms with E-state index in [-0.39, 0.29) is 0 Å². The summed E-state index contributed by atoms with van der Waals surface area (Å²) in [6.45, 7) is 0. The monoisotopic (exact) mass is 249 g/mol. The minimum Gasteiger partial charge on any atom is -0.369 e. The van der Waals surface area contributed by atoms with Gasteiger partial charge in [-0.25, -0.2) is 4.98 Å². The number of hydrogen-bond acceptors (Lipinski definition) is 2. The summed E-state index contributed by atoms with van der Waals surface area (Å²) < 4.78 is 1.82. The molecule has 1 heterocycles. The minimum absolute atomic E-state index is 0.530. The fourth-order valence-corrected chi connectivity index (χ4v) is 2.08. The number of nitrogen functional groups attached to an aromatic ring is 1. The first kappa shape index (κ1) is 11.5. The van der Waals surface area contributed by atoms with E-state index in [1.165, 1.54) is 11.1 Å². The third-order valence-electron chi connectivity index (χ3n) is 3.20. The van der Waals surface area contributed by atoms with E-state index < -0.39 is 0 Å². The van der Waals surface area contributed by atoms with Crippen LogP contribution in [0.3, 0.4) is 0 Å². The Morgan fingerprint density at radius 1 is 0.842 bits per heavy atom. The highest BCUT2D eigenvalue weighted by Crippen LogP contribution is 2.24. The highest BCUT2D eigenvalue weighted by Gasteiger charge is 2.05. The van der Waals surface area contributed by atoms with Crippen molar-refractivity contribution in [3.8, 4) is 22.4 Å². The number of nitrogens with zero attached hydrogens (tertiary/aromatic N) is 2. The fourth-order valence-electron chi connectivity index (χ4n) is 2.08. The van der Waals surface area contributed by atoms with Gasteiger partial charge in [0.25, 0.3) is 0 Å². The lowest BCUT2D eigenvalue weighted by Gasteiger charge is -2.02. The van der Waals surface area contributed by atoms with Gasteiger partial charge in [0.05, 0.1) is 5.69 Å². The summed E-state index contributed by atoms with van der Waals surface area (Å²) in [4.78, 5) is 4.32. The molecule has 0 radical (unpaired) electrons. The molecule has 94 valence electrons. The summed E-state index contributed by atoms with van der Waals surface area (Å²) in [6, 6.07) is 18.7. The Hall–Kier alpha value is -2.55. The van der Waals surface area contributed by atoms with Crippen molar-refractivity contribution in [1.29, 1.82) is 0 Å². The molecule has 1 aromatic heterocycles. The van der Waals surface area contributed by atoms with E-state index in [1.54, 1.807) is 0 Å². The standard InChI is InChI=1S/C16H15N3/c1-19-11-15(18-16(19)17)14-9-7-13(8-10-14)12-5-3-2-4-6-12/h2-11H,1H3,(H2,17,18). The zero-order valence-corrected chi connectivity index (χ0v) is 10.7. The van der Waals surface area contributed by atoms with E-state index in [0.29, 0.717) is 5.95 Å². The van der Waals surface area contributed by atoms with Gasteiger partial charge in [-0.05, 0) is 11.1 Å². The van der Waals surface area contributed by atoms with Crippen LogP contribution in [-0.2, 0) is 7.05 Å². The quantitative estimate of drug-likeness (QED) is 0.757. The Morgan fingerprint density at radius 2 is 1.42 bits per heavy atom. The van der Waals surface area contributed by atoms with Gasteiger partial charge < -0.3 is 10.3 Å². The molecule has 3 rings (SSSR count). The molecule has 3 aromatic rings. The molecule has 2 N–H and O–H groups in total. The lowest BCUT2D eigenvalue weighted by Crippen LogP contribution is -1.94. The third kappa shape index (κ3) is 2.22. The molecule has 0 spiro atoms. The van der Waals surface area contributed by atoms with Crippen molar-refractivity contribution >= 4 is 5.95 Å². The summed E-state index contributed by atoms with van der Waals surface area (Å²) in [5, 5.41) is 0. The second-order valence-corrected chi connectivity index (χ2v) is 4.54. The molecule has 0 saturated carbocycles. The summed E-state index contributed by atoms with van der Waals surface area (Å²) in [7, 11) is 1.89. The molecule has 0 aliphatic rings. The zero-order valence-electron chi connectivity index (χ0n) is 10.7. The number of imidazole rings is 1. The van der Waals surface area contributed by atoms with Crippen molar-refractivity contribution in [3.63, 3.8) is 0 Å². The molecule has 0 bridgehead atoms. The first-order valence-electron chi connectivity index (χ1n) is 6.19. The molecule has 3 nitrogen and oxygen atoms in total. The van der Waals surface area contributed by atoms with Gasteiger partial charge in [-0.2, -0.15) is 0 Å². The van der Waals surface area contributed by atoms with E-state index in [0.717, 1.165) is 11.3 Å². The van der Waals surface area contributed by atoms with Crippen LogP contribution in [0.15, 0.2) is 60.8 Å². The maximum Gasteiger partial charge on any atom is 0.200 e. The van der Waals surface area contributed by atoms with Crippen LogP contribution in [0.4, 0.5) is 5.95 Å². The number of anilines is 1. The van der Waals surface area contributed by atoms with Gasteiger partial charge in [0, 0.05) is 18.8 Å². The highest BCUT2D eigenvalue weighted by molar-refractivity contribution is 5.69. The lowest BCUT2D eigenvalue weighted by molar-refractivity contribution is 0.930. The van der Waals surface area contributed by atoms with E-state index in [2.05, 4.69) is 41.4 Å². The predicted octanol–water partition coefficient (Wildman–Crippen LogP) is 3.34. The number of hydrogen-bond donors (Lipinski definition) is 1. The SMILES string of the molecule is Cn1cc(-c2ccc(-c3ccccc3)cc2)nc1N. The molecule has 0 unspecified atom stereocenters. The van der Waals surface area contributed by atoms with Crippen LogP contribution in [-0.4, -0.2) is 9.55 Å². The van der Waals surface area contributed by atoms with Gasteiger partial charge in [0.2, 0.25) is 0 Å². The van der Waals surface area contributed by atoms with E-state index >= 15 is 0 Å². The Kier molecular flexibility index (Phi) is 2.80. The van der Waals surface area contributed by atoms with E-state index in [4.69, 9.17) is 5.73 Å². The molecule has 19 heavy (non-hydrogen) atoms. The van der Waals surface area contributed by atoms with Gasteiger partial charge in [0.15, 0.2) is 5.95 Å². The minimum atomic E-state index is 0.530. The normalized spacial score (nSPS) is 10.6. The summed E-state index contributed by atoms with van der Waals surface area (Å²) in [6.07, 6.45) is 1.94. The average molecular weight is 249 g/mol. The molecule has 0 amide bonds. The van der Waals surface area contributed by atoms with Crippen molar-refractivity contribution in [1.82, 2.24) is 9.55 Å². The second-order valence-electron chi connectivity index (χ2n) is 4.54. The molecule has 2 aromatic carbocycles. The van der Waals surface area contributed by atoms with Crippen LogP contribution in [0, 0.1) is 0 Å². The first-order valence-corrected chi connectivity index (χ1v) is 6.19. The number of aryl methyl sites for hydroxylation is 1. The molecule has 3 heteroatoms. The van der Waals surface area contributed by atoms with E-state index in [1.807, 2.05) is 36.0 Å². The van der Waals surface area contributed by atoms with Crippen LogP contribution in [0.2, 0.25) is 0 Å². The maximum absolute atomic E-state index is 5.75. The Balaban J connectivity index is 1.95. The van der Waals surface area contributed by atoms with Crippen LogP contribution in [0.25, 0.3) is 22.4 Å². The van der Waals surface area contributed by atoms with Crippen molar-refractivity contribution in [3.05, 3.63) is 60.8 Å². The topological polar surface area (TPSA) is 43.8 Å². The Bertz CT molecular complexity index is 662. The van der Waals surface area contributed by atoms with Gasteiger partial charge >= 0.3 is 0 Å². The molecule has 0 atom stereocenters. The molecular weight excluding hydrogens is 234 g/mol. The van der Waals surface area contributed by atoms with Crippen molar-refractivity contribution < 1.29 is 0 Å². The van der Waals surface area contributed by atoms with Crippen molar-refractivity contribution in [2.24, 2.45) is 7.05 Å². The molecule has 0 saturated heterocycles. The average Bonchev–Trinajstić information content (AvgIpc) is 2.80. The number of aromatic nitrogens is 2. The molecule has 0 aliphatic heterocycles. The zero-order chi connectivity index (χ0) is 13.2. The maximum atomic E-state index is 5.75. The number of rotatable bonds is 2. The van der Waals surface area contributed by atoms with Gasteiger partial charge in [0.1, 0.15) is 0 Å². The van der Waals surface area contributed by atoms with E-state index in [9.17, 15) is 0 Å². The van der Waals surface area contributed by atoms with Crippen LogP contribution in [0.1, 0.15) is 0 Å². The summed E-state index contributed by atoms with van der Waals surface area (Å²) >= 11 is 0. The van der Waals surface area contributed by atoms with Gasteiger partial charge in [-0.3, -0.25) is 0 Å². The Morgan fingerprint density at radius 3 is 2.00 bits per heavy atom. The lowest BCUT2D eigenvalue weighted by atomic mass is 10.0. The highest BCUT2D eigenvalue weighted by atomic mass is 15.1. The molecular formula is C16H15N3. The predicted molar refractivity (Wildman–Crippen MR) is 78.5 cm³/mol. The third-order valence-corrected chi connectivity index (χ3v) is 3.20. The van der Waals surface area contributed by atoms with Gasteiger partial charge in [-0.1, -0.05) is 54.6 Å². The van der Waals surface area contributed by atoms with Crippen LogP contribution in [0.5, 0.6) is 0 Å².